The first-order valence-corrected chi connectivity index (χ1v) is 8.31. The van der Waals surface area contributed by atoms with Crippen LogP contribution in [0.3, 0.4) is 0 Å². The predicted octanol–water partition coefficient (Wildman–Crippen LogP) is 4.86. The number of rotatable bonds is 8. The van der Waals surface area contributed by atoms with E-state index in [0.29, 0.717) is 0 Å². The zero-order chi connectivity index (χ0) is 13.5. The SMILES string of the molecule is CCCNC(C(C)CC(C)C)C1CCC(CC)C1. The Labute approximate surface area is 115 Å². The van der Waals surface area contributed by atoms with Crippen molar-refractivity contribution in [1.29, 1.82) is 0 Å². The third-order valence-electron chi connectivity index (χ3n) is 4.75. The van der Waals surface area contributed by atoms with Crippen LogP contribution < -0.4 is 5.32 Å². The zero-order valence-electron chi connectivity index (χ0n) is 13.3. The molecular weight excluding hydrogens is 218 g/mol. The van der Waals surface area contributed by atoms with E-state index in [1.165, 1.54) is 45.1 Å². The van der Waals surface area contributed by atoms with E-state index in [1.807, 2.05) is 0 Å². The molecule has 0 aliphatic heterocycles. The minimum Gasteiger partial charge on any atom is -0.313 e. The lowest BCUT2D eigenvalue weighted by Crippen LogP contribution is -2.41. The molecule has 1 heteroatoms. The summed E-state index contributed by atoms with van der Waals surface area (Å²) in [6.07, 6.45) is 8.42. The first kappa shape index (κ1) is 16.0. The van der Waals surface area contributed by atoms with Crippen molar-refractivity contribution >= 4 is 0 Å². The summed E-state index contributed by atoms with van der Waals surface area (Å²) in [5, 5.41) is 3.86. The van der Waals surface area contributed by atoms with Gasteiger partial charge in [0.1, 0.15) is 0 Å². The van der Waals surface area contributed by atoms with Crippen LogP contribution in [0.1, 0.15) is 73.1 Å². The summed E-state index contributed by atoms with van der Waals surface area (Å²) >= 11 is 0. The first-order chi connectivity index (χ1) is 8.58. The maximum Gasteiger partial charge on any atom is 0.0121 e. The van der Waals surface area contributed by atoms with Crippen LogP contribution in [0.25, 0.3) is 0 Å². The van der Waals surface area contributed by atoms with Crippen molar-refractivity contribution < 1.29 is 0 Å². The van der Waals surface area contributed by atoms with Crippen molar-refractivity contribution in [1.82, 2.24) is 5.32 Å². The molecule has 0 radical (unpaired) electrons. The molecule has 4 unspecified atom stereocenters. The topological polar surface area (TPSA) is 12.0 Å². The van der Waals surface area contributed by atoms with Gasteiger partial charge in [0.15, 0.2) is 0 Å². The molecule has 0 bridgehead atoms. The smallest absolute Gasteiger partial charge is 0.0121 e. The standard InChI is InChI=1S/C17H35N/c1-6-10-18-17(14(5)11-13(3)4)16-9-8-15(7-2)12-16/h13-18H,6-12H2,1-5H3. The average Bonchev–Trinajstić information content (AvgIpc) is 2.77. The maximum absolute atomic E-state index is 3.86. The van der Waals surface area contributed by atoms with Gasteiger partial charge < -0.3 is 5.32 Å². The van der Waals surface area contributed by atoms with Crippen LogP contribution in [-0.4, -0.2) is 12.6 Å². The van der Waals surface area contributed by atoms with Gasteiger partial charge in [0.05, 0.1) is 0 Å². The lowest BCUT2D eigenvalue weighted by atomic mass is 9.83. The van der Waals surface area contributed by atoms with Crippen molar-refractivity contribution in [2.45, 2.75) is 79.2 Å². The van der Waals surface area contributed by atoms with E-state index >= 15 is 0 Å². The number of hydrogen-bond acceptors (Lipinski definition) is 1. The summed E-state index contributed by atoms with van der Waals surface area (Å²) in [7, 11) is 0. The van der Waals surface area contributed by atoms with Crippen LogP contribution in [-0.2, 0) is 0 Å². The molecule has 1 saturated carbocycles. The third-order valence-corrected chi connectivity index (χ3v) is 4.75. The van der Waals surface area contributed by atoms with Crippen LogP contribution in [0.5, 0.6) is 0 Å². The maximum atomic E-state index is 3.86. The second-order valence-corrected chi connectivity index (χ2v) is 6.93. The van der Waals surface area contributed by atoms with Gasteiger partial charge in [-0.05, 0) is 55.9 Å². The molecule has 108 valence electrons. The Bertz CT molecular complexity index is 212. The van der Waals surface area contributed by atoms with E-state index in [2.05, 4.69) is 39.9 Å². The van der Waals surface area contributed by atoms with E-state index in [0.717, 1.165) is 29.7 Å². The van der Waals surface area contributed by atoms with Gasteiger partial charge in [0.25, 0.3) is 0 Å². The Hall–Kier alpha value is -0.0400. The average molecular weight is 253 g/mol. The second kappa shape index (κ2) is 8.19. The molecule has 0 saturated heterocycles. The van der Waals surface area contributed by atoms with E-state index in [1.54, 1.807) is 0 Å². The monoisotopic (exact) mass is 253 g/mol. The highest BCUT2D eigenvalue weighted by Gasteiger charge is 2.32. The van der Waals surface area contributed by atoms with Crippen molar-refractivity contribution in [3.63, 3.8) is 0 Å². The van der Waals surface area contributed by atoms with Crippen molar-refractivity contribution in [3.05, 3.63) is 0 Å². The van der Waals surface area contributed by atoms with Gasteiger partial charge in [-0.15, -0.1) is 0 Å². The Kier molecular flexibility index (Phi) is 7.29. The van der Waals surface area contributed by atoms with Gasteiger partial charge in [-0.2, -0.15) is 0 Å². The fourth-order valence-electron chi connectivity index (χ4n) is 3.84. The highest BCUT2D eigenvalue weighted by atomic mass is 14.9. The van der Waals surface area contributed by atoms with E-state index in [-0.39, 0.29) is 0 Å². The molecule has 0 aromatic rings. The van der Waals surface area contributed by atoms with E-state index in [9.17, 15) is 0 Å². The van der Waals surface area contributed by atoms with Gasteiger partial charge in [-0.3, -0.25) is 0 Å². The lowest BCUT2D eigenvalue weighted by molar-refractivity contribution is 0.239. The van der Waals surface area contributed by atoms with Gasteiger partial charge in [-0.25, -0.2) is 0 Å². The molecule has 18 heavy (non-hydrogen) atoms. The Morgan fingerprint density at radius 2 is 1.83 bits per heavy atom. The minimum absolute atomic E-state index is 0.767. The van der Waals surface area contributed by atoms with Crippen LogP contribution in [0.15, 0.2) is 0 Å². The summed E-state index contributed by atoms with van der Waals surface area (Å²) < 4.78 is 0. The van der Waals surface area contributed by atoms with Crippen LogP contribution in [0.4, 0.5) is 0 Å². The fraction of sp³-hybridized carbons (Fsp3) is 1.00. The quantitative estimate of drug-likeness (QED) is 0.651. The minimum atomic E-state index is 0.767. The summed E-state index contributed by atoms with van der Waals surface area (Å²) in [5.74, 6) is 3.61. The highest BCUT2D eigenvalue weighted by Crippen LogP contribution is 2.37. The van der Waals surface area contributed by atoms with Crippen LogP contribution in [0.2, 0.25) is 0 Å². The van der Waals surface area contributed by atoms with E-state index in [4.69, 9.17) is 0 Å². The van der Waals surface area contributed by atoms with Gasteiger partial charge in [0.2, 0.25) is 0 Å². The molecule has 0 spiro atoms. The Morgan fingerprint density at radius 1 is 1.11 bits per heavy atom. The molecule has 0 aromatic carbocycles. The molecule has 1 aliphatic rings. The van der Waals surface area contributed by atoms with Gasteiger partial charge in [0, 0.05) is 6.04 Å². The summed E-state index contributed by atoms with van der Waals surface area (Å²) in [6.45, 7) is 13.0. The lowest BCUT2D eigenvalue weighted by Gasteiger charge is -2.32. The Balaban J connectivity index is 2.54. The highest BCUT2D eigenvalue weighted by molar-refractivity contribution is 4.87. The van der Waals surface area contributed by atoms with Crippen LogP contribution in [0, 0.1) is 23.7 Å². The summed E-state index contributed by atoms with van der Waals surface area (Å²) in [4.78, 5) is 0. The fourth-order valence-corrected chi connectivity index (χ4v) is 3.84. The molecule has 1 rings (SSSR count). The predicted molar refractivity (Wildman–Crippen MR) is 81.8 cm³/mol. The number of nitrogens with one attached hydrogen (secondary N) is 1. The molecule has 1 fully saturated rings. The molecule has 0 heterocycles. The molecular formula is C17H35N. The molecule has 1 nitrogen and oxygen atoms in total. The molecule has 1 N–H and O–H groups in total. The molecule has 4 atom stereocenters. The number of hydrogen-bond donors (Lipinski definition) is 1. The second-order valence-electron chi connectivity index (χ2n) is 6.93. The first-order valence-electron chi connectivity index (χ1n) is 8.31. The normalized spacial score (nSPS) is 27.7. The van der Waals surface area contributed by atoms with E-state index < -0.39 is 0 Å². The molecule has 1 aliphatic carbocycles. The van der Waals surface area contributed by atoms with Gasteiger partial charge >= 0.3 is 0 Å². The summed E-state index contributed by atoms with van der Waals surface area (Å²) in [5.41, 5.74) is 0. The van der Waals surface area contributed by atoms with Crippen molar-refractivity contribution in [3.8, 4) is 0 Å². The zero-order valence-corrected chi connectivity index (χ0v) is 13.3. The largest absolute Gasteiger partial charge is 0.313 e. The molecule has 0 amide bonds. The van der Waals surface area contributed by atoms with Gasteiger partial charge in [-0.1, -0.05) is 47.5 Å². The van der Waals surface area contributed by atoms with Crippen LogP contribution >= 0.6 is 0 Å². The Morgan fingerprint density at radius 3 is 2.33 bits per heavy atom. The van der Waals surface area contributed by atoms with Crippen molar-refractivity contribution in [2.75, 3.05) is 6.54 Å². The molecule has 0 aromatic heterocycles. The summed E-state index contributed by atoms with van der Waals surface area (Å²) in [6, 6.07) is 0.767. The van der Waals surface area contributed by atoms with Crippen molar-refractivity contribution in [2.24, 2.45) is 23.7 Å². The third kappa shape index (κ3) is 4.91.